The first-order valence-electron chi connectivity index (χ1n) is 10.3. The third kappa shape index (κ3) is 6.07. The van der Waals surface area contributed by atoms with E-state index in [2.05, 4.69) is 62.1 Å². The highest BCUT2D eigenvalue weighted by atomic mass is 127. The van der Waals surface area contributed by atoms with Gasteiger partial charge in [-0.15, -0.1) is 24.0 Å². The van der Waals surface area contributed by atoms with Gasteiger partial charge in [-0.25, -0.2) is 4.98 Å². The first-order valence-corrected chi connectivity index (χ1v) is 10.3. The fourth-order valence-corrected chi connectivity index (χ4v) is 3.96. The normalized spacial score (nSPS) is 18.1. The van der Waals surface area contributed by atoms with E-state index in [1.807, 2.05) is 13.1 Å². The molecular weight excluding hydrogens is 463 g/mol. The molecule has 1 aromatic heterocycles. The lowest BCUT2D eigenvalue weighted by Crippen LogP contribution is -2.42. The zero-order valence-corrected chi connectivity index (χ0v) is 19.8. The summed E-state index contributed by atoms with van der Waals surface area (Å²) >= 11 is 0. The number of aromatic nitrogens is 2. The van der Waals surface area contributed by atoms with Crippen LogP contribution in [0.5, 0.6) is 0 Å². The van der Waals surface area contributed by atoms with E-state index >= 15 is 0 Å². The van der Waals surface area contributed by atoms with Gasteiger partial charge in [-0.1, -0.05) is 18.6 Å². The van der Waals surface area contributed by atoms with Crippen LogP contribution in [0.1, 0.15) is 38.4 Å². The maximum Gasteiger partial charge on any atom is 0.191 e. The van der Waals surface area contributed by atoms with E-state index < -0.39 is 0 Å². The summed E-state index contributed by atoms with van der Waals surface area (Å²) in [5.41, 5.74) is 2.25. The average molecular weight is 498 g/mol. The number of benzene rings is 1. The molecule has 1 atom stereocenters. The molecule has 3 rings (SSSR count). The Bertz CT molecular complexity index is 756. The minimum atomic E-state index is 0. The van der Waals surface area contributed by atoms with Gasteiger partial charge < -0.3 is 20.1 Å². The van der Waals surface area contributed by atoms with Crippen molar-refractivity contribution in [2.75, 3.05) is 33.2 Å². The second kappa shape index (κ2) is 11.6. The molecule has 6 nitrogen and oxygen atoms in total. The van der Waals surface area contributed by atoms with Crippen LogP contribution < -0.4 is 10.6 Å². The number of guanidine groups is 1. The summed E-state index contributed by atoms with van der Waals surface area (Å²) in [5, 5.41) is 6.87. The fourth-order valence-electron chi connectivity index (χ4n) is 3.96. The predicted molar refractivity (Wildman–Crippen MR) is 129 cm³/mol. The molecule has 0 amide bonds. The van der Waals surface area contributed by atoms with Crippen LogP contribution in [0.2, 0.25) is 0 Å². The van der Waals surface area contributed by atoms with Crippen molar-refractivity contribution in [3.8, 4) is 0 Å². The highest BCUT2D eigenvalue weighted by molar-refractivity contribution is 14.0. The Morgan fingerprint density at radius 2 is 1.96 bits per heavy atom. The Morgan fingerprint density at radius 1 is 1.18 bits per heavy atom. The van der Waals surface area contributed by atoms with E-state index in [0.29, 0.717) is 0 Å². The smallest absolute Gasteiger partial charge is 0.191 e. The molecular formula is C21H35IN6. The number of piperidine rings is 1. The van der Waals surface area contributed by atoms with Gasteiger partial charge in [0, 0.05) is 39.3 Å². The molecule has 1 unspecified atom stereocenters. The number of aliphatic imine (C=N–C) groups is 1. The molecule has 1 saturated heterocycles. The van der Waals surface area contributed by atoms with Crippen LogP contribution in [0.3, 0.4) is 0 Å². The van der Waals surface area contributed by atoms with Crippen LogP contribution in [0.25, 0.3) is 11.0 Å². The van der Waals surface area contributed by atoms with Gasteiger partial charge in [0.1, 0.15) is 5.82 Å². The number of fused-ring (bicyclic) bond motifs is 1. The van der Waals surface area contributed by atoms with Crippen LogP contribution >= 0.6 is 24.0 Å². The van der Waals surface area contributed by atoms with Crippen molar-refractivity contribution >= 4 is 41.0 Å². The zero-order chi connectivity index (χ0) is 19.1. The Labute approximate surface area is 186 Å². The van der Waals surface area contributed by atoms with Crippen LogP contribution in [-0.4, -0.2) is 59.7 Å². The summed E-state index contributed by atoms with van der Waals surface area (Å²) in [6.45, 7) is 9.50. The number of hydrogen-bond acceptors (Lipinski definition) is 3. The summed E-state index contributed by atoms with van der Waals surface area (Å²) in [4.78, 5) is 11.6. The lowest BCUT2D eigenvalue weighted by molar-refractivity contribution is 0.159. The number of rotatable bonds is 7. The number of nitrogens with one attached hydrogen (secondary N) is 2. The predicted octanol–water partition coefficient (Wildman–Crippen LogP) is 3.39. The van der Waals surface area contributed by atoms with E-state index in [4.69, 9.17) is 0 Å². The minimum Gasteiger partial charge on any atom is -0.356 e. The lowest BCUT2D eigenvalue weighted by atomic mass is 10.0. The van der Waals surface area contributed by atoms with Crippen molar-refractivity contribution in [2.45, 2.75) is 52.1 Å². The first-order chi connectivity index (χ1) is 13.2. The molecule has 0 radical (unpaired) electrons. The number of halogens is 1. The standard InChI is InChI=1S/C21H34N6.HI/c1-17-9-6-7-14-26(17)15-8-12-23-21(22-3)24-13-16-27-18(2)25-19-10-4-5-11-20(19)27;/h4-5,10-11,17H,6-9,12-16H2,1-3H3,(H2,22,23,24);1H. The molecule has 156 valence electrons. The molecule has 1 aromatic carbocycles. The molecule has 0 aliphatic carbocycles. The second-order valence-electron chi connectivity index (χ2n) is 7.46. The van der Waals surface area contributed by atoms with Crippen LogP contribution in [0, 0.1) is 6.92 Å². The Morgan fingerprint density at radius 3 is 2.75 bits per heavy atom. The number of imidazole rings is 1. The third-order valence-electron chi connectivity index (χ3n) is 5.55. The number of hydrogen-bond donors (Lipinski definition) is 2. The lowest BCUT2D eigenvalue weighted by Gasteiger charge is -2.33. The summed E-state index contributed by atoms with van der Waals surface area (Å²) in [6.07, 6.45) is 5.23. The quantitative estimate of drug-likeness (QED) is 0.266. The molecule has 1 aliphatic heterocycles. The molecule has 2 aromatic rings. The SMILES string of the molecule is CN=C(NCCCN1CCCCC1C)NCCn1c(C)nc2ccccc21.I. The highest BCUT2D eigenvalue weighted by Gasteiger charge is 2.17. The number of nitrogens with zero attached hydrogens (tertiary/aromatic N) is 4. The van der Waals surface area contributed by atoms with Crippen molar-refractivity contribution in [1.29, 1.82) is 0 Å². The maximum atomic E-state index is 4.63. The van der Waals surface area contributed by atoms with Gasteiger partial charge in [0.2, 0.25) is 0 Å². The highest BCUT2D eigenvalue weighted by Crippen LogP contribution is 2.16. The monoisotopic (exact) mass is 498 g/mol. The fraction of sp³-hybridized carbons (Fsp3) is 0.619. The van der Waals surface area contributed by atoms with E-state index in [9.17, 15) is 0 Å². The van der Waals surface area contributed by atoms with Crippen LogP contribution in [0.15, 0.2) is 29.3 Å². The summed E-state index contributed by atoms with van der Waals surface area (Å²) in [7, 11) is 1.83. The van der Waals surface area contributed by atoms with Gasteiger partial charge in [-0.2, -0.15) is 0 Å². The topological polar surface area (TPSA) is 57.5 Å². The average Bonchev–Trinajstić information content (AvgIpc) is 3.00. The van der Waals surface area contributed by atoms with Crippen molar-refractivity contribution in [3.05, 3.63) is 30.1 Å². The molecule has 28 heavy (non-hydrogen) atoms. The van der Waals surface area contributed by atoms with Gasteiger partial charge in [-0.05, 0) is 51.8 Å². The molecule has 2 heterocycles. The van der Waals surface area contributed by atoms with E-state index in [0.717, 1.165) is 49.4 Å². The second-order valence-corrected chi connectivity index (χ2v) is 7.46. The zero-order valence-electron chi connectivity index (χ0n) is 17.4. The van der Waals surface area contributed by atoms with Crippen molar-refractivity contribution in [1.82, 2.24) is 25.1 Å². The molecule has 7 heteroatoms. The minimum absolute atomic E-state index is 0. The molecule has 1 fully saturated rings. The number of aryl methyl sites for hydroxylation is 1. The van der Waals surface area contributed by atoms with E-state index in [1.54, 1.807) is 0 Å². The van der Waals surface area contributed by atoms with E-state index in [1.165, 1.54) is 37.9 Å². The molecule has 0 spiro atoms. The van der Waals surface area contributed by atoms with Crippen LogP contribution in [0.4, 0.5) is 0 Å². The van der Waals surface area contributed by atoms with Crippen molar-refractivity contribution < 1.29 is 0 Å². The van der Waals surface area contributed by atoms with Gasteiger partial charge >= 0.3 is 0 Å². The van der Waals surface area contributed by atoms with Gasteiger partial charge in [0.25, 0.3) is 0 Å². The van der Waals surface area contributed by atoms with Crippen molar-refractivity contribution in [2.24, 2.45) is 4.99 Å². The molecule has 2 N–H and O–H groups in total. The summed E-state index contributed by atoms with van der Waals surface area (Å²) in [5.74, 6) is 1.93. The Kier molecular flexibility index (Phi) is 9.50. The Balaban J connectivity index is 0.00000280. The first kappa shape index (κ1) is 22.9. The van der Waals surface area contributed by atoms with Gasteiger partial charge in [0.15, 0.2) is 5.96 Å². The summed E-state index contributed by atoms with van der Waals surface area (Å²) < 4.78 is 2.26. The molecule has 0 saturated carbocycles. The van der Waals surface area contributed by atoms with Gasteiger partial charge in [-0.3, -0.25) is 4.99 Å². The maximum absolute atomic E-state index is 4.63. The summed E-state index contributed by atoms with van der Waals surface area (Å²) in [6, 6.07) is 9.04. The number of para-hydroxylation sites is 2. The largest absolute Gasteiger partial charge is 0.356 e. The van der Waals surface area contributed by atoms with Crippen molar-refractivity contribution in [3.63, 3.8) is 0 Å². The Hall–Kier alpha value is -1.35. The molecule has 0 bridgehead atoms. The molecule has 1 aliphatic rings. The number of likely N-dealkylation sites (tertiary alicyclic amines) is 1. The van der Waals surface area contributed by atoms with Gasteiger partial charge in [0.05, 0.1) is 11.0 Å². The van der Waals surface area contributed by atoms with E-state index in [-0.39, 0.29) is 24.0 Å². The third-order valence-corrected chi connectivity index (χ3v) is 5.55. The van der Waals surface area contributed by atoms with Crippen LogP contribution in [-0.2, 0) is 6.54 Å².